The molecule has 8 heteroatoms. The Morgan fingerprint density at radius 3 is 2.64 bits per heavy atom. The van der Waals surface area contributed by atoms with Gasteiger partial charge in [0.1, 0.15) is 0 Å². The van der Waals surface area contributed by atoms with Crippen LogP contribution in [-0.4, -0.2) is 47.5 Å². The number of thioether (sulfide) groups is 1. The number of nitrogens with one attached hydrogen (secondary N) is 1. The van der Waals surface area contributed by atoms with E-state index in [-0.39, 0.29) is 17.2 Å². The molecule has 0 aliphatic carbocycles. The highest BCUT2D eigenvalue weighted by Crippen LogP contribution is 2.23. The van der Waals surface area contributed by atoms with Gasteiger partial charge in [0, 0.05) is 44.2 Å². The zero-order chi connectivity index (χ0) is 23.0. The van der Waals surface area contributed by atoms with E-state index in [0.29, 0.717) is 42.2 Å². The van der Waals surface area contributed by atoms with Crippen molar-refractivity contribution < 1.29 is 9.53 Å². The summed E-state index contributed by atoms with van der Waals surface area (Å²) in [5.41, 5.74) is 2.52. The molecule has 1 amide bonds. The summed E-state index contributed by atoms with van der Waals surface area (Å²) in [6.45, 7) is 5.85. The van der Waals surface area contributed by atoms with Gasteiger partial charge in [-0.1, -0.05) is 23.9 Å². The van der Waals surface area contributed by atoms with Gasteiger partial charge < -0.3 is 15.0 Å². The first-order valence-corrected chi connectivity index (χ1v) is 12.5. The van der Waals surface area contributed by atoms with Gasteiger partial charge in [0.2, 0.25) is 5.91 Å². The molecule has 1 N–H and O–H groups in total. The van der Waals surface area contributed by atoms with Crippen molar-refractivity contribution in [1.82, 2.24) is 9.55 Å². The van der Waals surface area contributed by atoms with Crippen LogP contribution in [0.3, 0.4) is 0 Å². The number of anilines is 2. The largest absolute Gasteiger partial charge is 0.382 e. The standard InChI is InChI=1S/C25H30N4O3S/c1-2-32-17-7-16-29-24(31)21-8-3-4-9-22(21)27-25(29)33-18-23(30)26-19-10-12-20(13-11-19)28-14-5-6-15-28/h3-4,8-13H,2,5-7,14-18H2,1H3,(H,26,30). The third-order valence-electron chi connectivity index (χ3n) is 5.66. The summed E-state index contributed by atoms with van der Waals surface area (Å²) >= 11 is 1.28. The number of aromatic nitrogens is 2. The molecule has 0 unspecified atom stereocenters. The third kappa shape index (κ3) is 5.94. The molecule has 1 aromatic heterocycles. The fourth-order valence-corrected chi connectivity index (χ4v) is 4.81. The van der Waals surface area contributed by atoms with Crippen molar-refractivity contribution in [3.63, 3.8) is 0 Å². The van der Waals surface area contributed by atoms with E-state index in [1.807, 2.05) is 37.3 Å². The fourth-order valence-electron chi connectivity index (χ4n) is 3.98. The number of nitrogens with zero attached hydrogens (tertiary/aromatic N) is 3. The molecule has 0 bridgehead atoms. The average molecular weight is 467 g/mol. The number of carbonyl (C=O) groups excluding carboxylic acids is 1. The van der Waals surface area contributed by atoms with Crippen molar-refractivity contribution in [1.29, 1.82) is 0 Å². The molecule has 2 aromatic carbocycles. The summed E-state index contributed by atoms with van der Waals surface area (Å²) in [4.78, 5) is 32.7. The highest BCUT2D eigenvalue weighted by molar-refractivity contribution is 7.99. The minimum Gasteiger partial charge on any atom is -0.382 e. The Hall–Kier alpha value is -2.84. The lowest BCUT2D eigenvalue weighted by Gasteiger charge is -2.17. The average Bonchev–Trinajstić information content (AvgIpc) is 3.37. The van der Waals surface area contributed by atoms with Gasteiger partial charge in [-0.2, -0.15) is 0 Å². The molecular weight excluding hydrogens is 436 g/mol. The maximum Gasteiger partial charge on any atom is 0.262 e. The molecule has 0 spiro atoms. The smallest absolute Gasteiger partial charge is 0.262 e. The Morgan fingerprint density at radius 1 is 1.12 bits per heavy atom. The number of fused-ring (bicyclic) bond motifs is 1. The molecule has 4 rings (SSSR count). The molecule has 3 aromatic rings. The summed E-state index contributed by atoms with van der Waals surface area (Å²) in [5.74, 6) is 0.0432. The first kappa shape index (κ1) is 23.3. The minimum absolute atomic E-state index is 0.0856. The highest BCUT2D eigenvalue weighted by atomic mass is 32.2. The van der Waals surface area contributed by atoms with Gasteiger partial charge in [-0.3, -0.25) is 14.2 Å². The highest BCUT2D eigenvalue weighted by Gasteiger charge is 2.14. The molecule has 33 heavy (non-hydrogen) atoms. The van der Waals surface area contributed by atoms with Gasteiger partial charge in [0.05, 0.1) is 16.7 Å². The second-order valence-corrected chi connectivity index (χ2v) is 8.94. The molecule has 0 radical (unpaired) electrons. The molecule has 1 fully saturated rings. The predicted molar refractivity (Wildman–Crippen MR) is 134 cm³/mol. The maximum absolute atomic E-state index is 13.1. The quantitative estimate of drug-likeness (QED) is 0.275. The number of para-hydroxylation sites is 1. The topological polar surface area (TPSA) is 76.5 Å². The van der Waals surface area contributed by atoms with Gasteiger partial charge in [-0.05, 0) is 62.6 Å². The molecule has 2 heterocycles. The lowest BCUT2D eigenvalue weighted by molar-refractivity contribution is -0.113. The number of amides is 1. The Morgan fingerprint density at radius 2 is 1.88 bits per heavy atom. The van der Waals surface area contributed by atoms with Crippen molar-refractivity contribution in [2.24, 2.45) is 0 Å². The number of carbonyl (C=O) groups is 1. The summed E-state index contributed by atoms with van der Waals surface area (Å²) < 4.78 is 7.08. The number of hydrogen-bond donors (Lipinski definition) is 1. The number of benzene rings is 2. The Labute approximate surface area is 198 Å². The van der Waals surface area contributed by atoms with E-state index >= 15 is 0 Å². The van der Waals surface area contributed by atoms with Crippen LogP contribution in [0.15, 0.2) is 58.5 Å². The molecule has 0 atom stereocenters. The Bertz CT molecular complexity index is 1140. The number of rotatable bonds is 10. The summed E-state index contributed by atoms with van der Waals surface area (Å²) in [5, 5.41) is 4.08. The van der Waals surface area contributed by atoms with Crippen LogP contribution in [-0.2, 0) is 16.1 Å². The van der Waals surface area contributed by atoms with E-state index in [1.165, 1.54) is 30.3 Å². The Kier molecular flexibility index (Phi) is 8.01. The third-order valence-corrected chi connectivity index (χ3v) is 6.63. The molecular formula is C25H30N4O3S. The van der Waals surface area contributed by atoms with E-state index in [0.717, 1.165) is 18.8 Å². The Balaban J connectivity index is 1.42. The molecule has 0 saturated carbocycles. The van der Waals surface area contributed by atoms with Gasteiger partial charge in [-0.25, -0.2) is 4.98 Å². The molecule has 1 aliphatic rings. The zero-order valence-electron chi connectivity index (χ0n) is 19.0. The van der Waals surface area contributed by atoms with Crippen LogP contribution in [0.5, 0.6) is 0 Å². The molecule has 7 nitrogen and oxygen atoms in total. The van der Waals surface area contributed by atoms with E-state index in [4.69, 9.17) is 4.74 Å². The first-order valence-electron chi connectivity index (χ1n) is 11.5. The van der Waals surface area contributed by atoms with Gasteiger partial charge >= 0.3 is 0 Å². The number of hydrogen-bond acceptors (Lipinski definition) is 6. The predicted octanol–water partition coefficient (Wildman–Crippen LogP) is 4.15. The SMILES string of the molecule is CCOCCCn1c(SCC(=O)Nc2ccc(N3CCCC3)cc2)nc2ccccc2c1=O. The first-order chi connectivity index (χ1) is 16.2. The molecule has 1 saturated heterocycles. The molecule has 1 aliphatic heterocycles. The summed E-state index contributed by atoms with van der Waals surface area (Å²) in [7, 11) is 0. The van der Waals surface area contributed by atoms with Crippen molar-refractivity contribution in [3.05, 3.63) is 58.9 Å². The van der Waals surface area contributed by atoms with Crippen LogP contribution in [0.25, 0.3) is 10.9 Å². The van der Waals surface area contributed by atoms with Crippen molar-refractivity contribution in [3.8, 4) is 0 Å². The van der Waals surface area contributed by atoms with Crippen LogP contribution < -0.4 is 15.8 Å². The van der Waals surface area contributed by atoms with Crippen LogP contribution in [0.1, 0.15) is 26.2 Å². The van der Waals surface area contributed by atoms with E-state index < -0.39 is 0 Å². The van der Waals surface area contributed by atoms with Crippen LogP contribution in [0.4, 0.5) is 11.4 Å². The second-order valence-electron chi connectivity index (χ2n) is 8.00. The summed E-state index contributed by atoms with van der Waals surface area (Å²) in [6, 6.07) is 15.3. The minimum atomic E-state index is -0.128. The van der Waals surface area contributed by atoms with Gasteiger partial charge in [-0.15, -0.1) is 0 Å². The second kappa shape index (κ2) is 11.3. The van der Waals surface area contributed by atoms with E-state index in [9.17, 15) is 9.59 Å². The number of ether oxygens (including phenoxy) is 1. The normalized spacial score (nSPS) is 13.5. The monoisotopic (exact) mass is 466 g/mol. The van der Waals surface area contributed by atoms with Crippen LogP contribution in [0.2, 0.25) is 0 Å². The lowest BCUT2D eigenvalue weighted by atomic mass is 10.2. The van der Waals surface area contributed by atoms with Crippen LogP contribution >= 0.6 is 11.8 Å². The van der Waals surface area contributed by atoms with E-state index in [1.54, 1.807) is 10.6 Å². The van der Waals surface area contributed by atoms with Crippen molar-refractivity contribution in [2.45, 2.75) is 37.9 Å². The molecule has 174 valence electrons. The summed E-state index contributed by atoms with van der Waals surface area (Å²) in [6.07, 6.45) is 3.17. The van der Waals surface area contributed by atoms with Crippen LogP contribution in [0, 0.1) is 0 Å². The van der Waals surface area contributed by atoms with Crippen molar-refractivity contribution >= 4 is 39.9 Å². The maximum atomic E-state index is 13.1. The van der Waals surface area contributed by atoms with Gasteiger partial charge in [0.15, 0.2) is 5.16 Å². The zero-order valence-corrected chi connectivity index (χ0v) is 19.8. The van der Waals surface area contributed by atoms with Gasteiger partial charge in [0.25, 0.3) is 5.56 Å². The van der Waals surface area contributed by atoms with E-state index in [2.05, 4.69) is 27.3 Å². The van der Waals surface area contributed by atoms with Crippen molar-refractivity contribution in [2.75, 3.05) is 42.3 Å². The fraction of sp³-hybridized carbons (Fsp3) is 0.400. The lowest BCUT2D eigenvalue weighted by Crippen LogP contribution is -2.25.